The number of aryl methyl sites for hydroxylation is 3. The van der Waals surface area contributed by atoms with Gasteiger partial charge in [0.05, 0.1) is 5.88 Å². The molecule has 3 aromatic rings. The zero-order valence-electron chi connectivity index (χ0n) is 12.1. The predicted molar refractivity (Wildman–Crippen MR) is 86.6 cm³/mol. The predicted octanol–water partition coefficient (Wildman–Crippen LogP) is 4.11. The average Bonchev–Trinajstić information content (AvgIpc) is 2.86. The highest BCUT2D eigenvalue weighted by Crippen LogP contribution is 2.17. The minimum absolute atomic E-state index is 0.417. The Bertz CT molecular complexity index is 734. The van der Waals surface area contributed by atoms with E-state index < -0.39 is 0 Å². The van der Waals surface area contributed by atoms with Gasteiger partial charge in [0.1, 0.15) is 11.3 Å². The maximum atomic E-state index is 6.03. The van der Waals surface area contributed by atoms with Gasteiger partial charge in [0.15, 0.2) is 5.65 Å². The van der Waals surface area contributed by atoms with E-state index in [0.29, 0.717) is 5.88 Å². The second kappa shape index (κ2) is 6.27. The molecule has 0 radical (unpaired) electrons. The lowest BCUT2D eigenvalue weighted by Crippen LogP contribution is -2.05. The van der Waals surface area contributed by atoms with Gasteiger partial charge in [0.25, 0.3) is 0 Å². The Balaban J connectivity index is 1.80. The van der Waals surface area contributed by atoms with Crippen LogP contribution in [0.15, 0.2) is 42.5 Å². The number of halogens is 1. The van der Waals surface area contributed by atoms with Gasteiger partial charge in [0.2, 0.25) is 0 Å². The molecule has 0 saturated carbocycles. The SMILES string of the molecule is Cc1ccc2nc(CCl)n(CCCc3ccccc3)c2n1. The van der Waals surface area contributed by atoms with Gasteiger partial charge in [-0.2, -0.15) is 0 Å². The van der Waals surface area contributed by atoms with E-state index in [1.54, 1.807) is 0 Å². The summed E-state index contributed by atoms with van der Waals surface area (Å²) in [6.07, 6.45) is 2.10. The molecular weight excluding hydrogens is 282 g/mol. The number of benzene rings is 1. The molecular formula is C17H18ClN3. The van der Waals surface area contributed by atoms with E-state index in [0.717, 1.165) is 42.1 Å². The van der Waals surface area contributed by atoms with Gasteiger partial charge >= 0.3 is 0 Å². The molecule has 21 heavy (non-hydrogen) atoms. The normalized spacial score (nSPS) is 11.1. The summed E-state index contributed by atoms with van der Waals surface area (Å²) < 4.78 is 2.15. The Labute approximate surface area is 129 Å². The summed E-state index contributed by atoms with van der Waals surface area (Å²) in [5.74, 6) is 1.32. The van der Waals surface area contributed by atoms with E-state index in [1.807, 2.05) is 25.1 Å². The first kappa shape index (κ1) is 14.1. The zero-order chi connectivity index (χ0) is 14.7. The summed E-state index contributed by atoms with van der Waals surface area (Å²) in [5.41, 5.74) is 4.24. The second-order valence-corrected chi connectivity index (χ2v) is 5.47. The van der Waals surface area contributed by atoms with Crippen molar-refractivity contribution in [1.29, 1.82) is 0 Å². The molecule has 0 bridgehead atoms. The molecule has 108 valence electrons. The highest BCUT2D eigenvalue weighted by molar-refractivity contribution is 6.16. The second-order valence-electron chi connectivity index (χ2n) is 5.20. The molecule has 1 aromatic carbocycles. The highest BCUT2D eigenvalue weighted by Gasteiger charge is 2.11. The fourth-order valence-electron chi connectivity index (χ4n) is 2.57. The summed E-state index contributed by atoms with van der Waals surface area (Å²) >= 11 is 6.03. The van der Waals surface area contributed by atoms with Crippen molar-refractivity contribution in [2.75, 3.05) is 0 Å². The Kier molecular flexibility index (Phi) is 4.20. The molecule has 4 heteroatoms. The van der Waals surface area contributed by atoms with Gasteiger partial charge in [0, 0.05) is 12.2 Å². The fraction of sp³-hybridized carbons (Fsp3) is 0.294. The Morgan fingerprint density at radius 3 is 2.62 bits per heavy atom. The minimum atomic E-state index is 0.417. The first-order valence-corrected chi connectivity index (χ1v) is 7.74. The Hall–Kier alpha value is -1.87. The van der Waals surface area contributed by atoms with Crippen LogP contribution < -0.4 is 0 Å². The number of hydrogen-bond donors (Lipinski definition) is 0. The number of aromatic nitrogens is 3. The van der Waals surface area contributed by atoms with Crippen molar-refractivity contribution in [3.05, 3.63) is 59.5 Å². The van der Waals surface area contributed by atoms with Crippen LogP contribution in [0.2, 0.25) is 0 Å². The average molecular weight is 300 g/mol. The topological polar surface area (TPSA) is 30.7 Å². The third kappa shape index (κ3) is 3.08. The smallest absolute Gasteiger partial charge is 0.160 e. The highest BCUT2D eigenvalue weighted by atomic mass is 35.5. The van der Waals surface area contributed by atoms with Crippen molar-refractivity contribution in [3.8, 4) is 0 Å². The Morgan fingerprint density at radius 1 is 1.05 bits per heavy atom. The van der Waals surface area contributed by atoms with Crippen molar-refractivity contribution in [2.24, 2.45) is 0 Å². The number of alkyl halides is 1. The van der Waals surface area contributed by atoms with Gasteiger partial charge in [-0.25, -0.2) is 9.97 Å². The molecule has 0 saturated heterocycles. The number of hydrogen-bond acceptors (Lipinski definition) is 2. The van der Waals surface area contributed by atoms with Gasteiger partial charge in [-0.1, -0.05) is 30.3 Å². The summed E-state index contributed by atoms with van der Waals surface area (Å²) in [6, 6.07) is 14.5. The minimum Gasteiger partial charge on any atom is -0.312 e. The summed E-state index contributed by atoms with van der Waals surface area (Å²) in [4.78, 5) is 9.18. The molecule has 0 amide bonds. The van der Waals surface area contributed by atoms with Crippen molar-refractivity contribution in [2.45, 2.75) is 32.2 Å². The summed E-state index contributed by atoms with van der Waals surface area (Å²) in [5, 5.41) is 0. The zero-order valence-corrected chi connectivity index (χ0v) is 12.8. The lowest BCUT2D eigenvalue weighted by molar-refractivity contribution is 0.633. The number of pyridine rings is 1. The van der Waals surface area contributed by atoms with E-state index in [1.165, 1.54) is 5.56 Å². The summed E-state index contributed by atoms with van der Waals surface area (Å²) in [6.45, 7) is 2.89. The Morgan fingerprint density at radius 2 is 1.86 bits per heavy atom. The summed E-state index contributed by atoms with van der Waals surface area (Å²) in [7, 11) is 0. The van der Waals surface area contributed by atoms with Crippen molar-refractivity contribution < 1.29 is 0 Å². The molecule has 3 rings (SSSR count). The molecule has 0 N–H and O–H groups in total. The van der Waals surface area contributed by atoms with Gasteiger partial charge < -0.3 is 4.57 Å². The number of imidazole rings is 1. The van der Waals surface area contributed by atoms with Crippen molar-refractivity contribution in [3.63, 3.8) is 0 Å². The molecule has 0 spiro atoms. The van der Waals surface area contributed by atoms with E-state index in [4.69, 9.17) is 11.6 Å². The van der Waals surface area contributed by atoms with Crippen LogP contribution >= 0.6 is 11.6 Å². The van der Waals surface area contributed by atoms with Crippen molar-refractivity contribution >= 4 is 22.8 Å². The fourth-order valence-corrected chi connectivity index (χ4v) is 2.77. The van der Waals surface area contributed by atoms with Crippen LogP contribution in [0.4, 0.5) is 0 Å². The van der Waals surface area contributed by atoms with E-state index in [-0.39, 0.29) is 0 Å². The largest absolute Gasteiger partial charge is 0.312 e. The molecule has 0 aliphatic rings. The number of rotatable bonds is 5. The lowest BCUT2D eigenvalue weighted by Gasteiger charge is -2.07. The molecule has 0 fully saturated rings. The van der Waals surface area contributed by atoms with Gasteiger partial charge in [-0.05, 0) is 37.5 Å². The van der Waals surface area contributed by atoms with Crippen LogP contribution in [0.3, 0.4) is 0 Å². The van der Waals surface area contributed by atoms with E-state index >= 15 is 0 Å². The molecule has 0 unspecified atom stereocenters. The van der Waals surface area contributed by atoms with Crippen LogP contribution in [0.1, 0.15) is 23.5 Å². The third-order valence-corrected chi connectivity index (χ3v) is 3.86. The van der Waals surface area contributed by atoms with Crippen LogP contribution in [0.25, 0.3) is 11.2 Å². The molecule has 2 heterocycles. The first-order chi connectivity index (χ1) is 10.3. The van der Waals surface area contributed by atoms with Crippen LogP contribution in [0.5, 0.6) is 0 Å². The first-order valence-electron chi connectivity index (χ1n) is 7.20. The lowest BCUT2D eigenvalue weighted by atomic mass is 10.1. The number of fused-ring (bicyclic) bond motifs is 1. The third-order valence-electron chi connectivity index (χ3n) is 3.62. The van der Waals surface area contributed by atoms with Crippen LogP contribution in [-0.2, 0) is 18.8 Å². The maximum Gasteiger partial charge on any atom is 0.160 e. The van der Waals surface area contributed by atoms with Crippen LogP contribution in [0, 0.1) is 6.92 Å². The molecule has 2 aromatic heterocycles. The maximum absolute atomic E-state index is 6.03. The van der Waals surface area contributed by atoms with E-state index in [9.17, 15) is 0 Å². The van der Waals surface area contributed by atoms with Crippen molar-refractivity contribution in [1.82, 2.24) is 14.5 Å². The van der Waals surface area contributed by atoms with Gasteiger partial charge in [-0.3, -0.25) is 0 Å². The molecule has 0 aliphatic carbocycles. The molecule has 0 aliphatic heterocycles. The quantitative estimate of drug-likeness (QED) is 0.664. The van der Waals surface area contributed by atoms with Gasteiger partial charge in [-0.15, -0.1) is 11.6 Å². The monoisotopic (exact) mass is 299 g/mol. The van der Waals surface area contributed by atoms with Crippen LogP contribution in [-0.4, -0.2) is 14.5 Å². The molecule has 3 nitrogen and oxygen atoms in total. The van der Waals surface area contributed by atoms with E-state index in [2.05, 4.69) is 38.8 Å². The standard InChI is InChI=1S/C17H18ClN3/c1-13-9-10-15-17(19-13)21(16(12-18)20-15)11-5-8-14-6-3-2-4-7-14/h2-4,6-7,9-10H,5,8,11-12H2,1H3. The molecule has 0 atom stereocenters. The number of nitrogens with zero attached hydrogens (tertiary/aromatic N) is 3.